The topological polar surface area (TPSA) is 54.0 Å². The zero-order valence-electron chi connectivity index (χ0n) is 13.5. The van der Waals surface area contributed by atoms with Crippen molar-refractivity contribution < 1.29 is 9.18 Å². The third-order valence-electron chi connectivity index (χ3n) is 4.12. The van der Waals surface area contributed by atoms with Gasteiger partial charge in [-0.05, 0) is 38.0 Å². The molecule has 0 unspecified atom stereocenters. The average molecular weight is 368 g/mol. The summed E-state index contributed by atoms with van der Waals surface area (Å²) < 4.78 is 13.5. The summed E-state index contributed by atoms with van der Waals surface area (Å²) >= 11 is 7.35. The second kappa shape index (κ2) is 7.07. The molecule has 0 aliphatic heterocycles. The smallest absolute Gasteiger partial charge is 0.315 e. The Bertz CT molecular complexity index is 764. The van der Waals surface area contributed by atoms with Gasteiger partial charge in [-0.15, -0.1) is 11.3 Å². The first-order valence-electron chi connectivity index (χ1n) is 7.86. The maximum atomic E-state index is 13.5. The number of aryl methyl sites for hydroxylation is 2. The normalized spacial score (nSPS) is 19.2. The van der Waals surface area contributed by atoms with Crippen LogP contribution in [0.2, 0.25) is 5.02 Å². The van der Waals surface area contributed by atoms with Crippen molar-refractivity contribution in [3.63, 3.8) is 0 Å². The fraction of sp³-hybridized carbons (Fsp3) is 0.412. The van der Waals surface area contributed by atoms with Gasteiger partial charge in [-0.1, -0.05) is 17.7 Å². The number of nitrogens with zero attached hydrogens (tertiary/aromatic N) is 1. The first kappa shape index (κ1) is 17.2. The first-order chi connectivity index (χ1) is 11.4. The predicted molar refractivity (Wildman–Crippen MR) is 94.4 cm³/mol. The number of aromatic nitrogens is 1. The second-order valence-corrected chi connectivity index (χ2v) is 7.71. The number of hydrogen-bond acceptors (Lipinski definition) is 3. The fourth-order valence-corrected chi connectivity index (χ4v) is 3.83. The Balaban J connectivity index is 1.43. The number of nitrogens with one attached hydrogen (secondary N) is 2. The Morgan fingerprint density at radius 3 is 2.92 bits per heavy atom. The Morgan fingerprint density at radius 1 is 1.46 bits per heavy atom. The van der Waals surface area contributed by atoms with Crippen molar-refractivity contribution in [3.8, 4) is 0 Å². The summed E-state index contributed by atoms with van der Waals surface area (Å²) in [5.41, 5.74) is 1.91. The van der Waals surface area contributed by atoms with E-state index in [9.17, 15) is 9.18 Å². The number of thiazole rings is 1. The highest BCUT2D eigenvalue weighted by atomic mass is 35.5. The molecule has 3 rings (SSSR count). The lowest BCUT2D eigenvalue weighted by Crippen LogP contribution is -2.38. The molecule has 0 saturated heterocycles. The quantitative estimate of drug-likeness (QED) is 0.840. The van der Waals surface area contributed by atoms with Crippen molar-refractivity contribution in [1.29, 1.82) is 0 Å². The predicted octanol–water partition coefficient (Wildman–Crippen LogP) is 3.95. The Hall–Kier alpha value is -1.66. The van der Waals surface area contributed by atoms with Crippen molar-refractivity contribution in [2.75, 3.05) is 6.54 Å². The molecule has 1 aromatic heterocycles. The van der Waals surface area contributed by atoms with E-state index >= 15 is 0 Å². The van der Waals surface area contributed by atoms with E-state index in [-0.39, 0.29) is 23.0 Å². The molecule has 1 aromatic carbocycles. The third kappa shape index (κ3) is 4.05. The molecule has 2 amide bonds. The van der Waals surface area contributed by atoms with Crippen molar-refractivity contribution >= 4 is 29.0 Å². The van der Waals surface area contributed by atoms with Gasteiger partial charge >= 0.3 is 6.03 Å². The molecule has 1 aliphatic rings. The number of urea groups is 1. The van der Waals surface area contributed by atoms with E-state index in [4.69, 9.17) is 11.6 Å². The van der Waals surface area contributed by atoms with Gasteiger partial charge in [0.05, 0.1) is 15.7 Å². The molecule has 2 N–H and O–H groups in total. The van der Waals surface area contributed by atoms with Gasteiger partial charge in [0.15, 0.2) is 0 Å². The molecule has 24 heavy (non-hydrogen) atoms. The van der Waals surface area contributed by atoms with E-state index in [1.807, 2.05) is 19.9 Å². The maximum Gasteiger partial charge on any atom is 0.315 e. The van der Waals surface area contributed by atoms with Crippen LogP contribution in [0.5, 0.6) is 0 Å². The second-order valence-electron chi connectivity index (χ2n) is 6.01. The summed E-state index contributed by atoms with van der Waals surface area (Å²) in [5, 5.41) is 6.96. The van der Waals surface area contributed by atoms with Crippen LogP contribution >= 0.6 is 22.9 Å². The van der Waals surface area contributed by atoms with Crippen LogP contribution < -0.4 is 10.6 Å². The highest BCUT2D eigenvalue weighted by Crippen LogP contribution is 2.41. The van der Waals surface area contributed by atoms with Crippen LogP contribution in [-0.2, 0) is 6.42 Å². The summed E-state index contributed by atoms with van der Waals surface area (Å²) in [4.78, 5) is 17.5. The van der Waals surface area contributed by atoms with Gasteiger partial charge in [0.1, 0.15) is 5.82 Å². The van der Waals surface area contributed by atoms with Crippen LogP contribution in [0, 0.1) is 19.7 Å². The molecule has 1 saturated carbocycles. The minimum Gasteiger partial charge on any atom is -0.338 e. The van der Waals surface area contributed by atoms with Crippen LogP contribution in [0.3, 0.4) is 0 Å². The van der Waals surface area contributed by atoms with Crippen molar-refractivity contribution in [1.82, 2.24) is 15.6 Å². The van der Waals surface area contributed by atoms with Gasteiger partial charge in [0.25, 0.3) is 0 Å². The minimum atomic E-state index is -0.417. The van der Waals surface area contributed by atoms with E-state index in [2.05, 4.69) is 15.6 Å². The molecular weight excluding hydrogens is 349 g/mol. The highest BCUT2D eigenvalue weighted by molar-refractivity contribution is 7.11. The molecule has 128 valence electrons. The van der Waals surface area contributed by atoms with Crippen LogP contribution in [-0.4, -0.2) is 23.6 Å². The number of halogens is 2. The van der Waals surface area contributed by atoms with E-state index in [0.29, 0.717) is 6.54 Å². The average Bonchev–Trinajstić information content (AvgIpc) is 3.20. The van der Waals surface area contributed by atoms with Crippen LogP contribution in [0.15, 0.2) is 18.2 Å². The Labute approximate surface area is 149 Å². The number of rotatable bonds is 5. The van der Waals surface area contributed by atoms with Gasteiger partial charge < -0.3 is 10.6 Å². The largest absolute Gasteiger partial charge is 0.338 e. The van der Waals surface area contributed by atoms with Crippen LogP contribution in [0.1, 0.15) is 33.5 Å². The Kier molecular flexibility index (Phi) is 5.06. The van der Waals surface area contributed by atoms with E-state index < -0.39 is 5.82 Å². The fourth-order valence-electron chi connectivity index (χ4n) is 2.78. The number of carbonyl (C=O) groups excluding carboxylic acids is 1. The lowest BCUT2D eigenvalue weighted by atomic mass is 10.1. The maximum absolute atomic E-state index is 13.5. The van der Waals surface area contributed by atoms with E-state index in [1.165, 1.54) is 10.9 Å². The van der Waals surface area contributed by atoms with Crippen LogP contribution in [0.25, 0.3) is 0 Å². The SMILES string of the molecule is Cc1nc(C)c(CCNC(=O)N[C@@H]2C[C@H]2c2ccc(Cl)c(F)c2)s1. The van der Waals surface area contributed by atoms with E-state index in [0.717, 1.165) is 29.1 Å². The zero-order chi connectivity index (χ0) is 17.3. The van der Waals surface area contributed by atoms with Gasteiger partial charge in [0, 0.05) is 29.8 Å². The Morgan fingerprint density at radius 2 is 2.25 bits per heavy atom. The molecule has 1 fully saturated rings. The van der Waals surface area contributed by atoms with Gasteiger partial charge in [-0.2, -0.15) is 0 Å². The first-order valence-corrected chi connectivity index (χ1v) is 9.05. The molecule has 0 spiro atoms. The molecule has 0 radical (unpaired) electrons. The number of hydrogen-bond donors (Lipinski definition) is 2. The van der Waals surface area contributed by atoms with Gasteiger partial charge in [0.2, 0.25) is 0 Å². The summed E-state index contributed by atoms with van der Waals surface area (Å²) in [6.45, 7) is 4.54. The highest BCUT2D eigenvalue weighted by Gasteiger charge is 2.39. The summed E-state index contributed by atoms with van der Waals surface area (Å²) in [5.74, 6) is -0.256. The lowest BCUT2D eigenvalue weighted by Gasteiger charge is -2.07. The van der Waals surface area contributed by atoms with Gasteiger partial charge in [-0.25, -0.2) is 14.2 Å². The number of amides is 2. The lowest BCUT2D eigenvalue weighted by molar-refractivity contribution is 0.240. The molecule has 2 aromatic rings. The number of benzene rings is 1. The monoisotopic (exact) mass is 367 g/mol. The van der Waals surface area contributed by atoms with Crippen molar-refractivity contribution in [3.05, 3.63) is 50.2 Å². The molecule has 1 heterocycles. The van der Waals surface area contributed by atoms with Gasteiger partial charge in [-0.3, -0.25) is 0 Å². The molecule has 1 aliphatic carbocycles. The molecule has 7 heteroatoms. The van der Waals surface area contributed by atoms with Crippen molar-refractivity contribution in [2.45, 2.75) is 38.6 Å². The molecule has 2 atom stereocenters. The summed E-state index contributed by atoms with van der Waals surface area (Å²) in [6.07, 6.45) is 1.60. The zero-order valence-corrected chi connectivity index (χ0v) is 15.1. The minimum absolute atomic E-state index is 0.0537. The summed E-state index contributed by atoms with van der Waals surface area (Å²) in [6, 6.07) is 4.68. The molecule has 0 bridgehead atoms. The van der Waals surface area contributed by atoms with E-state index in [1.54, 1.807) is 17.4 Å². The molecular formula is C17H19ClFN3OS. The third-order valence-corrected chi connectivity index (χ3v) is 5.56. The van der Waals surface area contributed by atoms with Crippen molar-refractivity contribution in [2.24, 2.45) is 0 Å². The number of carbonyl (C=O) groups is 1. The van der Waals surface area contributed by atoms with Crippen LogP contribution in [0.4, 0.5) is 9.18 Å². The summed E-state index contributed by atoms with van der Waals surface area (Å²) in [7, 11) is 0. The molecule has 4 nitrogen and oxygen atoms in total. The standard InChI is InChI=1S/C17H19ClFN3OS/c1-9-16(24-10(2)21-9)5-6-20-17(23)22-15-8-12(15)11-3-4-13(18)14(19)7-11/h3-4,7,12,15H,5-6,8H2,1-2H3,(H2,20,22,23)/t12-,15+/m0/s1.